The fourth-order valence-corrected chi connectivity index (χ4v) is 3.20. The number of carbonyl (C=O) groups is 3. The number of benzene rings is 2. The van der Waals surface area contributed by atoms with E-state index in [1.54, 1.807) is 25.1 Å². The van der Waals surface area contributed by atoms with Gasteiger partial charge < -0.3 is 15.4 Å². The van der Waals surface area contributed by atoms with E-state index < -0.39 is 18.5 Å². The molecule has 0 saturated carbocycles. The summed E-state index contributed by atoms with van der Waals surface area (Å²) >= 11 is 6.36. The second-order valence-electron chi connectivity index (χ2n) is 6.83. The van der Waals surface area contributed by atoms with Crippen LogP contribution in [-0.4, -0.2) is 41.2 Å². The van der Waals surface area contributed by atoms with Crippen LogP contribution in [0.2, 0.25) is 5.15 Å². The lowest BCUT2D eigenvalue weighted by Crippen LogP contribution is -2.21. The van der Waals surface area contributed by atoms with Crippen molar-refractivity contribution in [3.8, 4) is 5.69 Å². The Morgan fingerprint density at radius 3 is 2.61 bits per heavy atom. The van der Waals surface area contributed by atoms with Crippen LogP contribution >= 0.6 is 11.6 Å². The third kappa shape index (κ3) is 6.05. The number of halogens is 2. The van der Waals surface area contributed by atoms with E-state index in [1.165, 1.54) is 48.1 Å². The lowest BCUT2D eigenvalue weighted by atomic mass is 10.2. The molecule has 1 aromatic heterocycles. The molecular formula is C23H20ClFN4O4. The molecule has 170 valence electrons. The van der Waals surface area contributed by atoms with Gasteiger partial charge in [-0.3, -0.25) is 9.59 Å². The highest BCUT2D eigenvalue weighted by Gasteiger charge is 2.14. The summed E-state index contributed by atoms with van der Waals surface area (Å²) in [6.07, 6.45) is 2.56. The van der Waals surface area contributed by atoms with Gasteiger partial charge in [0.1, 0.15) is 11.0 Å². The number of carbonyl (C=O) groups excluding carboxylic acids is 3. The van der Waals surface area contributed by atoms with Crippen LogP contribution < -0.4 is 10.6 Å². The van der Waals surface area contributed by atoms with Crippen LogP contribution in [0, 0.1) is 12.7 Å². The van der Waals surface area contributed by atoms with Gasteiger partial charge in [-0.1, -0.05) is 17.7 Å². The quantitative estimate of drug-likeness (QED) is 0.406. The first kappa shape index (κ1) is 23.7. The minimum Gasteiger partial charge on any atom is -0.452 e. The average Bonchev–Trinajstić information content (AvgIpc) is 3.09. The number of esters is 1. The number of aromatic nitrogens is 2. The maximum atomic E-state index is 13.1. The van der Waals surface area contributed by atoms with Crippen LogP contribution in [0.25, 0.3) is 11.8 Å². The maximum absolute atomic E-state index is 13.1. The van der Waals surface area contributed by atoms with Gasteiger partial charge in [-0.05, 0) is 55.5 Å². The van der Waals surface area contributed by atoms with E-state index in [0.29, 0.717) is 28.2 Å². The molecule has 10 heteroatoms. The number of ether oxygens (including phenoxy) is 1. The molecule has 3 rings (SSSR count). The predicted octanol–water partition coefficient (Wildman–Crippen LogP) is 3.53. The number of hydrogen-bond acceptors (Lipinski definition) is 5. The topological polar surface area (TPSA) is 102 Å². The van der Waals surface area contributed by atoms with Crippen LogP contribution in [0.15, 0.2) is 54.6 Å². The Morgan fingerprint density at radius 2 is 1.91 bits per heavy atom. The van der Waals surface area contributed by atoms with Crippen molar-refractivity contribution in [1.82, 2.24) is 15.1 Å². The number of rotatable bonds is 7. The summed E-state index contributed by atoms with van der Waals surface area (Å²) in [6, 6.07) is 12.0. The van der Waals surface area contributed by atoms with Gasteiger partial charge in [-0.2, -0.15) is 5.10 Å². The smallest absolute Gasteiger partial charge is 0.331 e. The number of nitrogens with one attached hydrogen (secondary N) is 2. The second kappa shape index (κ2) is 10.6. The Labute approximate surface area is 194 Å². The molecule has 0 aliphatic rings. The van der Waals surface area contributed by atoms with Crippen molar-refractivity contribution in [3.63, 3.8) is 0 Å². The van der Waals surface area contributed by atoms with Crippen LogP contribution in [0.1, 0.15) is 21.6 Å². The van der Waals surface area contributed by atoms with E-state index in [1.807, 2.05) is 0 Å². The molecule has 0 unspecified atom stereocenters. The van der Waals surface area contributed by atoms with E-state index in [2.05, 4.69) is 15.7 Å². The molecule has 1 heterocycles. The second-order valence-corrected chi connectivity index (χ2v) is 7.19. The van der Waals surface area contributed by atoms with Crippen molar-refractivity contribution in [2.75, 3.05) is 19.0 Å². The Morgan fingerprint density at radius 1 is 1.18 bits per heavy atom. The first-order chi connectivity index (χ1) is 15.8. The molecule has 0 radical (unpaired) electrons. The Hall–Kier alpha value is -3.98. The number of nitrogens with zero attached hydrogens (tertiary/aromatic N) is 2. The standard InChI is InChI=1S/C23H20ClFN4O4/c1-14-19(22(24)29(28-14)18-8-6-16(25)7-9-18)10-11-21(31)33-13-20(30)27-17-5-3-4-15(12-17)23(32)26-2/h3-12H,13H2,1-2H3,(H,26,32)(H,27,30)/b11-10+. The first-order valence-electron chi connectivity index (χ1n) is 9.76. The molecule has 2 N–H and O–H groups in total. The molecule has 0 saturated heterocycles. The number of amides is 2. The molecular weight excluding hydrogens is 451 g/mol. The van der Waals surface area contributed by atoms with E-state index in [-0.39, 0.29) is 16.9 Å². The van der Waals surface area contributed by atoms with Crippen molar-refractivity contribution in [2.45, 2.75) is 6.92 Å². The largest absolute Gasteiger partial charge is 0.452 e. The van der Waals surface area contributed by atoms with E-state index in [9.17, 15) is 18.8 Å². The van der Waals surface area contributed by atoms with Gasteiger partial charge in [0.05, 0.1) is 11.4 Å². The molecule has 2 amide bonds. The summed E-state index contributed by atoms with van der Waals surface area (Å²) in [4.78, 5) is 35.8. The molecule has 2 aromatic carbocycles. The zero-order chi connectivity index (χ0) is 24.0. The van der Waals surface area contributed by atoms with Crippen molar-refractivity contribution >= 4 is 41.1 Å². The maximum Gasteiger partial charge on any atom is 0.331 e. The van der Waals surface area contributed by atoms with Gasteiger partial charge in [-0.15, -0.1) is 0 Å². The fraction of sp³-hybridized carbons (Fsp3) is 0.130. The van der Waals surface area contributed by atoms with Gasteiger partial charge in [0.15, 0.2) is 6.61 Å². The number of anilines is 1. The van der Waals surface area contributed by atoms with Crippen LogP contribution in [0.5, 0.6) is 0 Å². The van der Waals surface area contributed by atoms with Crippen LogP contribution in [-0.2, 0) is 14.3 Å². The predicted molar refractivity (Wildman–Crippen MR) is 122 cm³/mol. The van der Waals surface area contributed by atoms with E-state index >= 15 is 0 Å². The Kier molecular flexibility index (Phi) is 7.57. The Bertz CT molecular complexity index is 1220. The average molecular weight is 471 g/mol. The monoisotopic (exact) mass is 470 g/mol. The summed E-state index contributed by atoms with van der Waals surface area (Å²) in [6.45, 7) is 1.19. The number of aryl methyl sites for hydroxylation is 1. The van der Waals surface area contributed by atoms with Gasteiger partial charge in [0, 0.05) is 29.9 Å². The van der Waals surface area contributed by atoms with Crippen molar-refractivity contribution < 1.29 is 23.5 Å². The minimum atomic E-state index is -0.755. The van der Waals surface area contributed by atoms with Crippen molar-refractivity contribution in [2.24, 2.45) is 0 Å². The van der Waals surface area contributed by atoms with Crippen molar-refractivity contribution in [3.05, 3.63) is 82.4 Å². The molecule has 0 aliphatic carbocycles. The van der Waals surface area contributed by atoms with Crippen LogP contribution in [0.4, 0.5) is 10.1 Å². The summed E-state index contributed by atoms with van der Waals surface area (Å²) < 4.78 is 19.5. The van der Waals surface area contributed by atoms with Gasteiger partial charge in [-0.25, -0.2) is 13.9 Å². The molecule has 3 aromatic rings. The third-order valence-electron chi connectivity index (χ3n) is 4.49. The molecule has 0 bridgehead atoms. The van der Waals surface area contributed by atoms with Gasteiger partial charge in [0.2, 0.25) is 0 Å². The molecule has 33 heavy (non-hydrogen) atoms. The molecule has 8 nitrogen and oxygen atoms in total. The van der Waals surface area contributed by atoms with E-state index in [0.717, 1.165) is 6.08 Å². The Balaban J connectivity index is 1.59. The molecule has 0 fully saturated rings. The summed E-state index contributed by atoms with van der Waals surface area (Å²) in [5, 5.41) is 9.58. The lowest BCUT2D eigenvalue weighted by Gasteiger charge is -2.07. The summed E-state index contributed by atoms with van der Waals surface area (Å²) in [5.74, 6) is -2.00. The molecule has 0 atom stereocenters. The lowest BCUT2D eigenvalue weighted by molar-refractivity contribution is -0.142. The number of hydrogen-bond donors (Lipinski definition) is 2. The SMILES string of the molecule is CNC(=O)c1cccc(NC(=O)COC(=O)/C=C/c2c(C)nn(-c3ccc(F)cc3)c2Cl)c1. The fourth-order valence-electron chi connectivity index (χ4n) is 2.87. The first-order valence-corrected chi connectivity index (χ1v) is 10.1. The zero-order valence-corrected chi connectivity index (χ0v) is 18.5. The highest BCUT2D eigenvalue weighted by Crippen LogP contribution is 2.25. The van der Waals surface area contributed by atoms with E-state index in [4.69, 9.17) is 16.3 Å². The molecule has 0 aliphatic heterocycles. The van der Waals surface area contributed by atoms with Crippen molar-refractivity contribution in [1.29, 1.82) is 0 Å². The summed E-state index contributed by atoms with van der Waals surface area (Å²) in [5.41, 5.74) is 2.35. The van der Waals surface area contributed by atoms with Gasteiger partial charge in [0.25, 0.3) is 11.8 Å². The van der Waals surface area contributed by atoms with Gasteiger partial charge >= 0.3 is 5.97 Å². The normalized spacial score (nSPS) is 10.8. The minimum absolute atomic E-state index is 0.233. The zero-order valence-electron chi connectivity index (χ0n) is 17.8. The third-order valence-corrected chi connectivity index (χ3v) is 4.85. The molecule has 0 spiro atoms. The highest BCUT2D eigenvalue weighted by atomic mass is 35.5. The highest BCUT2D eigenvalue weighted by molar-refractivity contribution is 6.31. The summed E-state index contributed by atoms with van der Waals surface area (Å²) in [7, 11) is 1.50. The van der Waals surface area contributed by atoms with Crippen LogP contribution in [0.3, 0.4) is 0 Å².